The van der Waals surface area contributed by atoms with Crippen molar-refractivity contribution in [3.63, 3.8) is 0 Å². The third kappa shape index (κ3) is 3.33. The van der Waals surface area contributed by atoms with Crippen LogP contribution in [0.5, 0.6) is 0 Å². The maximum absolute atomic E-state index is 13.1. The highest BCUT2D eigenvalue weighted by Gasteiger charge is 2.32. The van der Waals surface area contributed by atoms with E-state index in [4.69, 9.17) is 0 Å². The number of benzene rings is 2. The van der Waals surface area contributed by atoms with E-state index in [1.807, 2.05) is 42.5 Å². The van der Waals surface area contributed by atoms with E-state index in [0.29, 0.717) is 12.1 Å². The standard InChI is InChI=1S/C21H19N3O3/c25-20(26)13-19-17-4-2-1-3-14(17)10-12-24(19)21(27)16-7-5-15(6-8-16)18-9-11-22-23-18/h1-9,11,19H,10,12-13H2,(H,22,23)(H,25,26). The van der Waals surface area contributed by atoms with Crippen LogP contribution in [0.3, 0.4) is 0 Å². The topological polar surface area (TPSA) is 86.3 Å². The number of H-pyrrole nitrogens is 1. The molecule has 0 aliphatic carbocycles. The van der Waals surface area contributed by atoms with Crippen LogP contribution in [0.4, 0.5) is 0 Å². The van der Waals surface area contributed by atoms with Crippen molar-refractivity contribution >= 4 is 11.9 Å². The van der Waals surface area contributed by atoms with Gasteiger partial charge in [0.1, 0.15) is 0 Å². The molecule has 6 heteroatoms. The van der Waals surface area contributed by atoms with Gasteiger partial charge in [0.15, 0.2) is 0 Å². The van der Waals surface area contributed by atoms with E-state index >= 15 is 0 Å². The van der Waals surface area contributed by atoms with Crippen LogP contribution in [0.1, 0.15) is 33.9 Å². The maximum atomic E-state index is 13.1. The molecule has 0 radical (unpaired) electrons. The summed E-state index contributed by atoms with van der Waals surface area (Å²) in [6, 6.07) is 16.5. The molecule has 6 nitrogen and oxygen atoms in total. The molecular weight excluding hydrogens is 342 g/mol. The second-order valence-electron chi connectivity index (χ2n) is 6.61. The van der Waals surface area contributed by atoms with Gasteiger partial charge in [0.2, 0.25) is 0 Å². The number of nitrogens with zero attached hydrogens (tertiary/aromatic N) is 2. The molecule has 0 fully saturated rings. The zero-order valence-corrected chi connectivity index (χ0v) is 14.6. The summed E-state index contributed by atoms with van der Waals surface area (Å²) in [5, 5.41) is 16.2. The van der Waals surface area contributed by atoms with Gasteiger partial charge in [-0.15, -0.1) is 0 Å². The number of hydrogen-bond donors (Lipinski definition) is 2. The first-order valence-electron chi connectivity index (χ1n) is 8.84. The first-order chi connectivity index (χ1) is 13.1. The van der Waals surface area contributed by atoms with Crippen LogP contribution in [0, 0.1) is 0 Å². The first-order valence-corrected chi connectivity index (χ1v) is 8.84. The van der Waals surface area contributed by atoms with E-state index in [2.05, 4.69) is 10.2 Å². The molecule has 1 amide bonds. The lowest BCUT2D eigenvalue weighted by molar-refractivity contribution is -0.138. The van der Waals surface area contributed by atoms with E-state index in [9.17, 15) is 14.7 Å². The molecule has 1 unspecified atom stereocenters. The number of nitrogens with one attached hydrogen (secondary N) is 1. The van der Waals surface area contributed by atoms with Crippen LogP contribution < -0.4 is 0 Å². The average Bonchev–Trinajstić information content (AvgIpc) is 3.22. The van der Waals surface area contributed by atoms with Gasteiger partial charge in [-0.2, -0.15) is 5.10 Å². The van der Waals surface area contributed by atoms with E-state index in [1.54, 1.807) is 23.2 Å². The van der Waals surface area contributed by atoms with Crippen molar-refractivity contribution < 1.29 is 14.7 Å². The number of aliphatic carboxylic acids is 1. The molecule has 2 N–H and O–H groups in total. The normalized spacial score (nSPS) is 16.0. The number of aromatic amines is 1. The Kier molecular flexibility index (Phi) is 4.46. The Morgan fingerprint density at radius 2 is 1.89 bits per heavy atom. The molecule has 1 aliphatic heterocycles. The van der Waals surface area contributed by atoms with Gasteiger partial charge >= 0.3 is 5.97 Å². The molecule has 0 bridgehead atoms. The fourth-order valence-electron chi connectivity index (χ4n) is 3.66. The van der Waals surface area contributed by atoms with E-state index in [0.717, 1.165) is 28.8 Å². The number of carboxylic acid groups (broad SMARTS) is 1. The fraction of sp³-hybridized carbons (Fsp3) is 0.190. The summed E-state index contributed by atoms with van der Waals surface area (Å²) in [5.74, 6) is -1.06. The minimum Gasteiger partial charge on any atom is -0.481 e. The monoisotopic (exact) mass is 361 g/mol. The van der Waals surface area contributed by atoms with E-state index in [-0.39, 0.29) is 12.3 Å². The number of aromatic nitrogens is 2. The lowest BCUT2D eigenvalue weighted by Crippen LogP contribution is -2.41. The van der Waals surface area contributed by atoms with Gasteiger partial charge in [-0.25, -0.2) is 0 Å². The highest BCUT2D eigenvalue weighted by molar-refractivity contribution is 5.95. The molecular formula is C21H19N3O3. The smallest absolute Gasteiger partial charge is 0.305 e. The minimum atomic E-state index is -0.913. The summed E-state index contributed by atoms with van der Waals surface area (Å²) in [5.41, 5.74) is 4.41. The molecule has 0 saturated carbocycles. The highest BCUT2D eigenvalue weighted by atomic mass is 16.4. The number of carbonyl (C=O) groups excluding carboxylic acids is 1. The van der Waals surface area contributed by atoms with Crippen LogP contribution in [0.2, 0.25) is 0 Å². The second-order valence-corrected chi connectivity index (χ2v) is 6.61. The number of amides is 1. The molecule has 1 aliphatic rings. The summed E-state index contributed by atoms with van der Waals surface area (Å²) in [4.78, 5) is 26.2. The van der Waals surface area contributed by atoms with Gasteiger partial charge in [-0.05, 0) is 41.3 Å². The van der Waals surface area contributed by atoms with Gasteiger partial charge < -0.3 is 10.0 Å². The summed E-state index contributed by atoms with van der Waals surface area (Å²) in [7, 11) is 0. The second kappa shape index (κ2) is 7.07. The van der Waals surface area contributed by atoms with Crippen molar-refractivity contribution in [2.45, 2.75) is 18.9 Å². The third-order valence-corrected chi connectivity index (χ3v) is 4.98. The van der Waals surface area contributed by atoms with Crippen molar-refractivity contribution in [3.8, 4) is 11.3 Å². The third-order valence-electron chi connectivity index (χ3n) is 4.98. The van der Waals surface area contributed by atoms with Crippen LogP contribution >= 0.6 is 0 Å². The molecule has 4 rings (SSSR count). The van der Waals surface area contributed by atoms with Crippen molar-refractivity contribution in [2.24, 2.45) is 0 Å². The minimum absolute atomic E-state index is 0.102. The van der Waals surface area contributed by atoms with Crippen LogP contribution in [-0.2, 0) is 11.2 Å². The molecule has 136 valence electrons. The van der Waals surface area contributed by atoms with Gasteiger partial charge in [0.25, 0.3) is 5.91 Å². The summed E-state index contributed by atoms with van der Waals surface area (Å²) < 4.78 is 0. The van der Waals surface area contributed by atoms with E-state index in [1.165, 1.54) is 0 Å². The quantitative estimate of drug-likeness (QED) is 0.747. The largest absolute Gasteiger partial charge is 0.481 e. The van der Waals surface area contributed by atoms with Gasteiger partial charge in [-0.1, -0.05) is 36.4 Å². The zero-order chi connectivity index (χ0) is 18.8. The van der Waals surface area contributed by atoms with E-state index < -0.39 is 12.0 Å². The molecule has 2 heterocycles. The number of carboxylic acids is 1. The Morgan fingerprint density at radius 3 is 2.59 bits per heavy atom. The van der Waals surface area contributed by atoms with Crippen LogP contribution in [-0.4, -0.2) is 38.6 Å². The Balaban J connectivity index is 1.63. The van der Waals surface area contributed by atoms with Gasteiger partial charge in [0, 0.05) is 18.3 Å². The molecule has 0 spiro atoms. The Hall–Kier alpha value is -3.41. The fourth-order valence-corrected chi connectivity index (χ4v) is 3.66. The zero-order valence-electron chi connectivity index (χ0n) is 14.6. The SMILES string of the molecule is O=C(O)CC1c2ccccc2CCN1C(=O)c1ccc(-c2ccn[nH]2)cc1. The highest BCUT2D eigenvalue weighted by Crippen LogP contribution is 2.33. The van der Waals surface area contributed by atoms with Crippen molar-refractivity contribution in [1.29, 1.82) is 0 Å². The number of carbonyl (C=O) groups is 2. The van der Waals surface area contributed by atoms with Gasteiger partial charge in [0.05, 0.1) is 18.2 Å². The Labute approximate surface area is 156 Å². The molecule has 1 atom stereocenters. The summed E-state index contributed by atoms with van der Waals surface area (Å²) in [6.45, 7) is 0.510. The first kappa shape index (κ1) is 17.0. The van der Waals surface area contributed by atoms with Crippen molar-refractivity contribution in [1.82, 2.24) is 15.1 Å². The van der Waals surface area contributed by atoms with Crippen molar-refractivity contribution in [3.05, 3.63) is 77.5 Å². The number of hydrogen-bond acceptors (Lipinski definition) is 3. The summed E-state index contributed by atoms with van der Waals surface area (Å²) >= 11 is 0. The molecule has 3 aromatic rings. The van der Waals surface area contributed by atoms with Gasteiger partial charge in [-0.3, -0.25) is 14.7 Å². The van der Waals surface area contributed by atoms with Crippen LogP contribution in [0.15, 0.2) is 60.8 Å². The Morgan fingerprint density at radius 1 is 1.11 bits per heavy atom. The van der Waals surface area contributed by atoms with Crippen molar-refractivity contribution in [2.75, 3.05) is 6.54 Å². The average molecular weight is 361 g/mol. The predicted octanol–water partition coefficient (Wildman–Crippen LogP) is 3.29. The predicted molar refractivity (Wildman–Crippen MR) is 100 cm³/mol. The molecule has 2 aromatic carbocycles. The number of fused-ring (bicyclic) bond motifs is 1. The molecule has 0 saturated heterocycles. The molecule has 27 heavy (non-hydrogen) atoms. The molecule has 1 aromatic heterocycles. The lowest BCUT2D eigenvalue weighted by atomic mass is 9.90. The summed E-state index contributed by atoms with van der Waals surface area (Å²) in [6.07, 6.45) is 2.30. The lowest BCUT2D eigenvalue weighted by Gasteiger charge is -2.36. The van der Waals surface area contributed by atoms with Crippen LogP contribution in [0.25, 0.3) is 11.3 Å². The number of rotatable bonds is 4. The Bertz CT molecular complexity index is 965. The maximum Gasteiger partial charge on any atom is 0.305 e.